The van der Waals surface area contributed by atoms with Crippen molar-refractivity contribution in [2.75, 3.05) is 11.9 Å². The SMILES string of the molecule is O=C(N[C@H]1CC[C@H](Cn2c(=O)n(-c3ccc(NCC(F)F)nc3)c3ccccc32)CC1)c1cc(Cl)cnc1C(F)F. The maximum Gasteiger partial charge on any atom is 0.333 e. The van der Waals surface area contributed by atoms with Gasteiger partial charge in [-0.1, -0.05) is 23.7 Å². The number of nitrogens with zero attached hydrogens (tertiary/aromatic N) is 4. The van der Waals surface area contributed by atoms with Crippen LogP contribution in [0.4, 0.5) is 23.4 Å². The third-order valence-electron chi connectivity index (χ3n) is 7.24. The molecular weight excluding hydrogens is 564 g/mol. The molecule has 3 heterocycles. The Kier molecular flexibility index (Phi) is 8.57. The number of para-hydroxylation sites is 2. The molecule has 0 aliphatic heterocycles. The Labute approximate surface area is 237 Å². The van der Waals surface area contributed by atoms with Crippen LogP contribution in [0.1, 0.15) is 48.2 Å². The maximum atomic E-state index is 13.6. The highest BCUT2D eigenvalue weighted by atomic mass is 35.5. The number of alkyl halides is 4. The fraction of sp³-hybridized carbons (Fsp3) is 0.357. The molecule has 1 saturated carbocycles. The van der Waals surface area contributed by atoms with Gasteiger partial charge in [0.1, 0.15) is 11.5 Å². The van der Waals surface area contributed by atoms with Crippen LogP contribution in [0.2, 0.25) is 5.02 Å². The van der Waals surface area contributed by atoms with Crippen molar-refractivity contribution in [2.45, 2.75) is 51.1 Å². The Bertz CT molecular complexity index is 1580. The molecule has 2 N–H and O–H groups in total. The largest absolute Gasteiger partial charge is 0.364 e. The molecule has 1 amide bonds. The van der Waals surface area contributed by atoms with Crippen LogP contribution < -0.4 is 16.3 Å². The smallest absolute Gasteiger partial charge is 0.333 e. The number of pyridine rings is 2. The molecule has 1 fully saturated rings. The van der Waals surface area contributed by atoms with Gasteiger partial charge in [0.25, 0.3) is 18.8 Å². The molecule has 216 valence electrons. The van der Waals surface area contributed by atoms with Gasteiger partial charge in [0.2, 0.25) is 0 Å². The van der Waals surface area contributed by atoms with Crippen LogP contribution in [-0.4, -0.2) is 44.0 Å². The van der Waals surface area contributed by atoms with Gasteiger partial charge in [0.15, 0.2) is 0 Å². The fourth-order valence-electron chi connectivity index (χ4n) is 5.26. The van der Waals surface area contributed by atoms with Crippen molar-refractivity contribution >= 4 is 34.4 Å². The Hall–Kier alpha value is -3.93. The van der Waals surface area contributed by atoms with Crippen LogP contribution in [0.3, 0.4) is 0 Å². The number of rotatable bonds is 9. The van der Waals surface area contributed by atoms with Crippen molar-refractivity contribution in [3.05, 3.63) is 81.6 Å². The standard InChI is InChI=1S/C28H27ClF4N6O2/c29-17-11-20(25(26(32)33)36-12-17)27(40)37-18-7-5-16(6-8-18)15-38-21-3-1-2-4-22(21)39(28(38)41)19-9-10-24(34-13-19)35-14-23(30)31/h1-4,9-13,16,18,23,26H,5-8,14-15H2,(H,34,35)(H,37,40)/t16-,18-. The van der Waals surface area contributed by atoms with Crippen LogP contribution in [0.15, 0.2) is 59.7 Å². The van der Waals surface area contributed by atoms with E-state index in [-0.39, 0.29) is 34.1 Å². The van der Waals surface area contributed by atoms with Gasteiger partial charge in [-0.3, -0.25) is 18.9 Å². The maximum absolute atomic E-state index is 13.6. The molecule has 0 unspecified atom stereocenters. The van der Waals surface area contributed by atoms with E-state index in [1.165, 1.54) is 12.3 Å². The number of hydrogen-bond donors (Lipinski definition) is 2. The molecular formula is C28H27ClF4N6O2. The van der Waals surface area contributed by atoms with E-state index in [0.717, 1.165) is 24.6 Å². The number of carbonyl (C=O) groups excluding carboxylic acids is 1. The zero-order valence-electron chi connectivity index (χ0n) is 21.7. The lowest BCUT2D eigenvalue weighted by Crippen LogP contribution is -2.39. The zero-order chi connectivity index (χ0) is 29.1. The molecule has 3 aromatic heterocycles. The number of aromatic nitrogens is 4. The number of imidazole rings is 1. The number of benzene rings is 1. The van der Waals surface area contributed by atoms with E-state index < -0.39 is 31.0 Å². The summed E-state index contributed by atoms with van der Waals surface area (Å²) in [5.41, 5.74) is 0.869. The van der Waals surface area contributed by atoms with Gasteiger partial charge in [-0.05, 0) is 61.9 Å². The van der Waals surface area contributed by atoms with Crippen molar-refractivity contribution < 1.29 is 22.4 Å². The molecule has 0 saturated heterocycles. The zero-order valence-corrected chi connectivity index (χ0v) is 22.5. The predicted molar refractivity (Wildman–Crippen MR) is 147 cm³/mol. The third kappa shape index (κ3) is 6.37. The highest BCUT2D eigenvalue weighted by Gasteiger charge is 2.27. The second-order valence-electron chi connectivity index (χ2n) is 9.97. The Balaban J connectivity index is 1.28. The minimum atomic E-state index is -2.90. The van der Waals surface area contributed by atoms with Crippen LogP contribution in [0.25, 0.3) is 16.7 Å². The van der Waals surface area contributed by atoms with Crippen LogP contribution in [-0.2, 0) is 6.54 Å². The number of nitrogens with one attached hydrogen (secondary N) is 2. The first kappa shape index (κ1) is 28.6. The topological polar surface area (TPSA) is 93.8 Å². The molecule has 4 aromatic rings. The number of hydrogen-bond acceptors (Lipinski definition) is 5. The lowest BCUT2D eigenvalue weighted by Gasteiger charge is -2.29. The third-order valence-corrected chi connectivity index (χ3v) is 7.45. The molecule has 5 rings (SSSR count). The quantitative estimate of drug-likeness (QED) is 0.239. The van der Waals surface area contributed by atoms with Crippen molar-refractivity contribution in [1.29, 1.82) is 0 Å². The molecule has 0 spiro atoms. The lowest BCUT2D eigenvalue weighted by molar-refractivity contribution is 0.0904. The van der Waals surface area contributed by atoms with Crippen molar-refractivity contribution in [2.24, 2.45) is 5.92 Å². The fourth-order valence-corrected chi connectivity index (χ4v) is 5.41. The Morgan fingerprint density at radius 1 is 1.00 bits per heavy atom. The molecule has 13 heteroatoms. The van der Waals surface area contributed by atoms with E-state index in [4.69, 9.17) is 11.6 Å². The lowest BCUT2D eigenvalue weighted by atomic mass is 9.85. The molecule has 1 aliphatic rings. The monoisotopic (exact) mass is 590 g/mol. The van der Waals surface area contributed by atoms with E-state index in [1.54, 1.807) is 21.3 Å². The normalized spacial score (nSPS) is 17.3. The van der Waals surface area contributed by atoms with Gasteiger partial charge in [-0.15, -0.1) is 0 Å². The first-order valence-electron chi connectivity index (χ1n) is 13.1. The number of fused-ring (bicyclic) bond motifs is 1. The van der Waals surface area contributed by atoms with Gasteiger partial charge in [0.05, 0.1) is 40.0 Å². The minimum absolute atomic E-state index is 0.1000. The van der Waals surface area contributed by atoms with Crippen molar-refractivity contribution in [3.8, 4) is 5.69 Å². The van der Waals surface area contributed by atoms with Crippen LogP contribution in [0, 0.1) is 5.92 Å². The second kappa shape index (κ2) is 12.3. The van der Waals surface area contributed by atoms with Crippen LogP contribution >= 0.6 is 11.6 Å². The highest BCUT2D eigenvalue weighted by molar-refractivity contribution is 6.30. The van der Waals surface area contributed by atoms with E-state index in [1.807, 2.05) is 24.3 Å². The first-order valence-corrected chi connectivity index (χ1v) is 13.5. The van der Waals surface area contributed by atoms with Gasteiger partial charge in [-0.2, -0.15) is 0 Å². The number of anilines is 1. The van der Waals surface area contributed by atoms with E-state index in [9.17, 15) is 27.2 Å². The van der Waals surface area contributed by atoms with Gasteiger partial charge >= 0.3 is 5.69 Å². The molecule has 0 bridgehead atoms. The average molecular weight is 591 g/mol. The van der Waals surface area contributed by atoms with E-state index >= 15 is 0 Å². The van der Waals surface area contributed by atoms with Gasteiger partial charge < -0.3 is 10.6 Å². The summed E-state index contributed by atoms with van der Waals surface area (Å²) in [5.74, 6) is -0.197. The second-order valence-corrected chi connectivity index (χ2v) is 10.4. The Morgan fingerprint density at radius 2 is 1.73 bits per heavy atom. The van der Waals surface area contributed by atoms with Crippen LogP contribution in [0.5, 0.6) is 0 Å². The summed E-state index contributed by atoms with van der Waals surface area (Å²) in [4.78, 5) is 34.1. The van der Waals surface area contributed by atoms with E-state index in [2.05, 4.69) is 20.6 Å². The molecule has 0 atom stereocenters. The molecule has 1 aromatic carbocycles. The highest BCUT2D eigenvalue weighted by Crippen LogP contribution is 2.29. The van der Waals surface area contributed by atoms with Gasteiger partial charge in [-0.25, -0.2) is 27.3 Å². The van der Waals surface area contributed by atoms with Gasteiger partial charge in [0, 0.05) is 18.8 Å². The summed E-state index contributed by atoms with van der Waals surface area (Å²) in [6.45, 7) is -0.0612. The molecule has 0 radical (unpaired) electrons. The first-order chi connectivity index (χ1) is 19.7. The molecule has 8 nitrogen and oxygen atoms in total. The summed E-state index contributed by atoms with van der Waals surface area (Å²) in [7, 11) is 0. The number of halogens is 5. The summed E-state index contributed by atoms with van der Waals surface area (Å²) in [5, 5.41) is 5.48. The predicted octanol–water partition coefficient (Wildman–Crippen LogP) is 5.84. The summed E-state index contributed by atoms with van der Waals surface area (Å²) in [6.07, 6.45) is -0.172. The summed E-state index contributed by atoms with van der Waals surface area (Å²) in [6, 6.07) is 11.6. The van der Waals surface area contributed by atoms with Crippen molar-refractivity contribution in [1.82, 2.24) is 24.4 Å². The average Bonchev–Trinajstić information content (AvgIpc) is 3.23. The summed E-state index contributed by atoms with van der Waals surface area (Å²) < 4.78 is 54.9. The Morgan fingerprint density at radius 3 is 2.39 bits per heavy atom. The number of amides is 1. The number of carbonyl (C=O) groups is 1. The summed E-state index contributed by atoms with van der Waals surface area (Å²) >= 11 is 5.88. The van der Waals surface area contributed by atoms with Crippen molar-refractivity contribution in [3.63, 3.8) is 0 Å². The molecule has 1 aliphatic carbocycles. The molecule has 41 heavy (non-hydrogen) atoms. The van der Waals surface area contributed by atoms with E-state index in [0.29, 0.717) is 30.6 Å². The minimum Gasteiger partial charge on any atom is -0.364 e.